The summed E-state index contributed by atoms with van der Waals surface area (Å²) in [6, 6.07) is 9.49. The first kappa shape index (κ1) is 18.7. The van der Waals surface area contributed by atoms with Gasteiger partial charge in [-0.05, 0) is 49.1 Å². The fourth-order valence-electron chi connectivity index (χ4n) is 4.91. The molecule has 2 aromatic carbocycles. The minimum atomic E-state index is -0.764. The quantitative estimate of drug-likeness (QED) is 0.830. The highest BCUT2D eigenvalue weighted by molar-refractivity contribution is 6.30. The van der Waals surface area contributed by atoms with Crippen LogP contribution in [0.5, 0.6) is 5.75 Å². The molecule has 144 valence electrons. The predicted molar refractivity (Wildman–Crippen MR) is 98.0 cm³/mol. The van der Waals surface area contributed by atoms with Crippen molar-refractivity contribution in [3.63, 3.8) is 0 Å². The number of rotatable bonds is 3. The number of hydrogen-bond donors (Lipinski definition) is 2. The first-order valence-corrected chi connectivity index (χ1v) is 9.48. The molecule has 1 aliphatic carbocycles. The Bertz CT molecular complexity index is 842. The summed E-state index contributed by atoms with van der Waals surface area (Å²) in [6.45, 7) is -0.104. The normalized spacial score (nSPS) is 29.6. The van der Waals surface area contributed by atoms with Gasteiger partial charge in [0.2, 0.25) is 0 Å². The molecule has 1 saturated carbocycles. The molecule has 2 aliphatic rings. The molecule has 2 N–H and O–H groups in total. The van der Waals surface area contributed by atoms with Gasteiger partial charge < -0.3 is 14.9 Å². The molecule has 4 atom stereocenters. The maximum atomic E-state index is 15.0. The van der Waals surface area contributed by atoms with E-state index in [2.05, 4.69) is 0 Å². The standard InChI is InChI=1S/C21H21ClF2O3/c22-13-3-1-12(2-4-13)9-21-8-7-18(26)14(10-25)15(21)11-27-20-17(24)6-5-16(23)19(20)21/h1-6,14-15,18,25-26H,7-11H2/t14-,15+,18+,21+/m1/s1. The van der Waals surface area contributed by atoms with Crippen LogP contribution in [0, 0.1) is 23.5 Å². The molecule has 1 aliphatic heterocycles. The maximum Gasteiger partial charge on any atom is 0.165 e. The molecule has 0 saturated heterocycles. The van der Waals surface area contributed by atoms with Gasteiger partial charge in [-0.15, -0.1) is 0 Å². The van der Waals surface area contributed by atoms with E-state index < -0.39 is 29.1 Å². The van der Waals surface area contributed by atoms with Gasteiger partial charge in [-0.2, -0.15) is 0 Å². The maximum absolute atomic E-state index is 15.0. The van der Waals surface area contributed by atoms with E-state index in [1.807, 2.05) is 12.1 Å². The van der Waals surface area contributed by atoms with Crippen molar-refractivity contribution in [2.24, 2.45) is 11.8 Å². The van der Waals surface area contributed by atoms with Crippen LogP contribution in [0.3, 0.4) is 0 Å². The third-order valence-electron chi connectivity index (χ3n) is 6.21. The molecule has 1 fully saturated rings. The van der Waals surface area contributed by atoms with Gasteiger partial charge in [0.05, 0.1) is 12.7 Å². The number of ether oxygens (including phenoxy) is 1. The van der Waals surface area contributed by atoms with E-state index in [1.165, 1.54) is 0 Å². The molecule has 2 aromatic rings. The zero-order chi connectivity index (χ0) is 19.2. The van der Waals surface area contributed by atoms with Crippen molar-refractivity contribution in [2.45, 2.75) is 30.8 Å². The molecule has 0 amide bonds. The third-order valence-corrected chi connectivity index (χ3v) is 6.47. The summed E-state index contributed by atoms with van der Waals surface area (Å²) in [7, 11) is 0. The van der Waals surface area contributed by atoms with Gasteiger partial charge in [-0.25, -0.2) is 8.78 Å². The molecule has 0 aromatic heterocycles. The predicted octanol–water partition coefficient (Wildman–Crippen LogP) is 3.87. The second kappa shape index (κ2) is 7.04. The van der Waals surface area contributed by atoms with Gasteiger partial charge in [0.1, 0.15) is 5.82 Å². The van der Waals surface area contributed by atoms with Crippen molar-refractivity contribution < 1.29 is 23.7 Å². The highest BCUT2D eigenvalue weighted by Crippen LogP contribution is 2.55. The van der Waals surface area contributed by atoms with Crippen molar-refractivity contribution in [3.05, 3.63) is 64.2 Å². The first-order chi connectivity index (χ1) is 13.0. The Morgan fingerprint density at radius 3 is 2.52 bits per heavy atom. The smallest absolute Gasteiger partial charge is 0.165 e. The molecule has 3 nitrogen and oxygen atoms in total. The fourth-order valence-corrected chi connectivity index (χ4v) is 5.04. The number of aliphatic hydroxyl groups is 2. The zero-order valence-electron chi connectivity index (χ0n) is 14.7. The van der Waals surface area contributed by atoms with Gasteiger partial charge in [-0.3, -0.25) is 0 Å². The molecule has 0 radical (unpaired) electrons. The van der Waals surface area contributed by atoms with Gasteiger partial charge in [0, 0.05) is 34.4 Å². The summed E-state index contributed by atoms with van der Waals surface area (Å²) >= 11 is 5.99. The average Bonchev–Trinajstić information content (AvgIpc) is 2.66. The molecule has 27 heavy (non-hydrogen) atoms. The van der Waals surface area contributed by atoms with Crippen LogP contribution in [-0.2, 0) is 11.8 Å². The van der Waals surface area contributed by atoms with Crippen LogP contribution in [0.1, 0.15) is 24.0 Å². The minimum absolute atomic E-state index is 0.0479. The lowest BCUT2D eigenvalue weighted by Gasteiger charge is -2.52. The van der Waals surface area contributed by atoms with Gasteiger partial charge in [-0.1, -0.05) is 23.7 Å². The lowest BCUT2D eigenvalue weighted by Crippen LogP contribution is -2.55. The minimum Gasteiger partial charge on any atom is -0.490 e. The monoisotopic (exact) mass is 394 g/mol. The summed E-state index contributed by atoms with van der Waals surface area (Å²) in [5.41, 5.74) is 0.397. The van der Waals surface area contributed by atoms with Gasteiger partial charge in [0.25, 0.3) is 0 Å². The largest absolute Gasteiger partial charge is 0.490 e. The van der Waals surface area contributed by atoms with Crippen LogP contribution in [0.25, 0.3) is 0 Å². The summed E-state index contributed by atoms with van der Waals surface area (Å²) in [5.74, 6) is -1.94. The van der Waals surface area contributed by atoms with Crippen LogP contribution in [0.15, 0.2) is 36.4 Å². The number of fused-ring (bicyclic) bond motifs is 3. The van der Waals surface area contributed by atoms with Crippen LogP contribution in [0.2, 0.25) is 5.02 Å². The molecule has 6 heteroatoms. The van der Waals surface area contributed by atoms with Crippen molar-refractivity contribution in [3.8, 4) is 5.75 Å². The van der Waals surface area contributed by atoms with E-state index >= 15 is 0 Å². The van der Waals surface area contributed by atoms with Gasteiger partial charge >= 0.3 is 0 Å². The Morgan fingerprint density at radius 2 is 1.81 bits per heavy atom. The van der Waals surface area contributed by atoms with E-state index in [1.54, 1.807) is 12.1 Å². The van der Waals surface area contributed by atoms with Crippen molar-refractivity contribution in [1.29, 1.82) is 0 Å². The molecule has 4 rings (SSSR count). The summed E-state index contributed by atoms with van der Waals surface area (Å²) in [6.07, 6.45) is 0.647. The van der Waals surface area contributed by atoms with Crippen LogP contribution < -0.4 is 4.74 Å². The topological polar surface area (TPSA) is 49.7 Å². The number of benzene rings is 2. The highest BCUT2D eigenvalue weighted by atomic mass is 35.5. The highest BCUT2D eigenvalue weighted by Gasteiger charge is 2.54. The van der Waals surface area contributed by atoms with Crippen molar-refractivity contribution >= 4 is 11.6 Å². The van der Waals surface area contributed by atoms with Crippen LogP contribution in [-0.4, -0.2) is 29.5 Å². The third kappa shape index (κ3) is 3.02. The Labute approximate surface area is 161 Å². The van der Waals surface area contributed by atoms with Crippen molar-refractivity contribution in [2.75, 3.05) is 13.2 Å². The van der Waals surface area contributed by atoms with E-state index in [0.29, 0.717) is 24.3 Å². The molecule has 0 bridgehead atoms. The molecular weight excluding hydrogens is 374 g/mol. The van der Waals surface area contributed by atoms with E-state index in [4.69, 9.17) is 16.3 Å². The molecule has 1 heterocycles. The summed E-state index contributed by atoms with van der Waals surface area (Å²) in [5, 5.41) is 20.9. The lowest BCUT2D eigenvalue weighted by molar-refractivity contribution is -0.0660. The second-order valence-corrected chi connectivity index (χ2v) is 8.00. The Hall–Kier alpha value is -1.69. The Kier molecular flexibility index (Phi) is 4.87. The number of halogens is 3. The molecular formula is C21H21ClF2O3. The Morgan fingerprint density at radius 1 is 1.11 bits per heavy atom. The molecule has 0 spiro atoms. The van der Waals surface area contributed by atoms with E-state index in [9.17, 15) is 19.0 Å². The van der Waals surface area contributed by atoms with Crippen molar-refractivity contribution in [1.82, 2.24) is 0 Å². The fraction of sp³-hybridized carbons (Fsp3) is 0.429. The average molecular weight is 395 g/mol. The Balaban J connectivity index is 1.89. The van der Waals surface area contributed by atoms with Gasteiger partial charge in [0.15, 0.2) is 11.6 Å². The lowest BCUT2D eigenvalue weighted by atomic mass is 9.55. The number of hydrogen-bond acceptors (Lipinski definition) is 3. The summed E-state index contributed by atoms with van der Waals surface area (Å²) in [4.78, 5) is 0. The van der Waals surface area contributed by atoms with E-state index in [-0.39, 0.29) is 30.4 Å². The summed E-state index contributed by atoms with van der Waals surface area (Å²) < 4.78 is 35.0. The van der Waals surface area contributed by atoms with Crippen LogP contribution >= 0.6 is 11.6 Å². The van der Waals surface area contributed by atoms with Crippen LogP contribution in [0.4, 0.5) is 8.78 Å². The molecule has 0 unspecified atom stereocenters. The van der Waals surface area contributed by atoms with E-state index in [0.717, 1.165) is 17.7 Å². The second-order valence-electron chi connectivity index (χ2n) is 7.56. The SMILES string of the molecule is OC[C@H]1[C@@H](O)CC[C@@]2(Cc3ccc(Cl)cc3)c3c(F)ccc(F)c3OC[C@@H]12. The first-order valence-electron chi connectivity index (χ1n) is 9.11. The zero-order valence-corrected chi connectivity index (χ0v) is 15.4. The number of aliphatic hydroxyl groups excluding tert-OH is 2.